The van der Waals surface area contributed by atoms with Crippen molar-refractivity contribution in [1.82, 2.24) is 0 Å². The first-order valence-electron chi connectivity index (χ1n) is 5.42. The van der Waals surface area contributed by atoms with Crippen LogP contribution in [0.4, 0.5) is 11.4 Å². The van der Waals surface area contributed by atoms with E-state index in [4.69, 9.17) is 9.84 Å². The summed E-state index contributed by atoms with van der Waals surface area (Å²) >= 11 is 0. The number of carboxylic acid groups (broad SMARTS) is 1. The van der Waals surface area contributed by atoms with E-state index in [0.717, 1.165) is 0 Å². The number of anilines is 1. The molecule has 0 fully saturated rings. The van der Waals surface area contributed by atoms with E-state index in [0.29, 0.717) is 0 Å². The van der Waals surface area contributed by atoms with E-state index in [1.54, 1.807) is 0 Å². The van der Waals surface area contributed by atoms with Crippen molar-refractivity contribution in [1.29, 1.82) is 0 Å². The fourth-order valence-corrected chi connectivity index (χ4v) is 2.17. The number of aliphatic hydroxyl groups is 1. The highest BCUT2D eigenvalue weighted by Gasteiger charge is 2.52. The number of aliphatic carboxylic acids is 1. The maximum atomic E-state index is 11.8. The fourth-order valence-electron chi connectivity index (χ4n) is 2.17. The SMILES string of the molecule is COc1ccc2c(c1[N+](=O)[O-])C(O)(CC(=O)O)C(=O)N2. The number of methoxy groups -OCH3 is 1. The third kappa shape index (κ3) is 1.84. The van der Waals surface area contributed by atoms with Crippen LogP contribution in [0.1, 0.15) is 12.0 Å². The number of nitrogens with one attached hydrogen (secondary N) is 1. The van der Waals surface area contributed by atoms with Crippen LogP contribution in [0.2, 0.25) is 0 Å². The second-order valence-electron chi connectivity index (χ2n) is 4.18. The summed E-state index contributed by atoms with van der Waals surface area (Å²) < 4.78 is 4.83. The summed E-state index contributed by atoms with van der Waals surface area (Å²) in [7, 11) is 1.19. The summed E-state index contributed by atoms with van der Waals surface area (Å²) in [4.78, 5) is 32.9. The van der Waals surface area contributed by atoms with E-state index in [-0.39, 0.29) is 11.4 Å². The van der Waals surface area contributed by atoms with Crippen LogP contribution in [0.15, 0.2) is 12.1 Å². The molecule has 1 atom stereocenters. The first-order valence-corrected chi connectivity index (χ1v) is 5.42. The van der Waals surface area contributed by atoms with E-state index < -0.39 is 40.1 Å². The van der Waals surface area contributed by atoms with Crippen LogP contribution in [0.3, 0.4) is 0 Å². The molecule has 9 heteroatoms. The number of nitro benzene ring substituents is 1. The Labute approximate surface area is 111 Å². The quantitative estimate of drug-likeness (QED) is 0.530. The fraction of sp³-hybridized carbons (Fsp3) is 0.273. The monoisotopic (exact) mass is 282 g/mol. The lowest BCUT2D eigenvalue weighted by atomic mass is 9.90. The zero-order valence-corrected chi connectivity index (χ0v) is 10.2. The average Bonchev–Trinajstić information content (AvgIpc) is 2.59. The molecule has 9 nitrogen and oxygen atoms in total. The molecular weight excluding hydrogens is 272 g/mol. The molecule has 0 aromatic heterocycles. The lowest BCUT2D eigenvalue weighted by Gasteiger charge is -2.18. The molecule has 0 bridgehead atoms. The van der Waals surface area contributed by atoms with Gasteiger partial charge in [-0.2, -0.15) is 0 Å². The van der Waals surface area contributed by atoms with Crippen molar-refractivity contribution in [2.45, 2.75) is 12.0 Å². The largest absolute Gasteiger partial charge is 0.490 e. The van der Waals surface area contributed by atoms with Crippen LogP contribution in [0.5, 0.6) is 5.75 Å². The predicted octanol–water partition coefficient (Wildman–Crippen LogP) is 0.218. The smallest absolute Gasteiger partial charge is 0.319 e. The minimum Gasteiger partial charge on any atom is -0.490 e. The molecule has 2 rings (SSSR count). The van der Waals surface area contributed by atoms with E-state index in [1.807, 2.05) is 0 Å². The molecule has 1 aliphatic rings. The third-order valence-electron chi connectivity index (χ3n) is 2.99. The van der Waals surface area contributed by atoms with E-state index in [9.17, 15) is 24.8 Å². The van der Waals surface area contributed by atoms with Crippen LogP contribution >= 0.6 is 0 Å². The maximum Gasteiger partial charge on any atom is 0.319 e. The van der Waals surface area contributed by atoms with Gasteiger partial charge in [0.05, 0.1) is 29.7 Å². The number of ether oxygens (including phenoxy) is 1. The average molecular weight is 282 g/mol. The molecule has 106 valence electrons. The van der Waals surface area contributed by atoms with Crippen molar-refractivity contribution in [2.75, 3.05) is 12.4 Å². The molecule has 3 N–H and O–H groups in total. The van der Waals surface area contributed by atoms with Gasteiger partial charge in [-0.05, 0) is 12.1 Å². The Balaban J connectivity index is 2.74. The number of amides is 1. The maximum absolute atomic E-state index is 11.8. The Morgan fingerprint density at radius 2 is 2.20 bits per heavy atom. The topological polar surface area (TPSA) is 139 Å². The molecule has 1 amide bonds. The number of fused-ring (bicyclic) bond motifs is 1. The van der Waals surface area contributed by atoms with Gasteiger partial charge in [0, 0.05) is 0 Å². The number of carbonyl (C=O) groups excluding carboxylic acids is 1. The predicted molar refractivity (Wildman–Crippen MR) is 64.4 cm³/mol. The van der Waals surface area contributed by atoms with Gasteiger partial charge in [0.25, 0.3) is 5.91 Å². The molecule has 1 aliphatic heterocycles. The number of nitro groups is 1. The molecule has 1 aromatic rings. The molecule has 0 radical (unpaired) electrons. The van der Waals surface area contributed by atoms with Crippen molar-refractivity contribution in [3.05, 3.63) is 27.8 Å². The van der Waals surface area contributed by atoms with Gasteiger partial charge in [-0.15, -0.1) is 0 Å². The third-order valence-corrected chi connectivity index (χ3v) is 2.99. The normalized spacial score (nSPS) is 20.2. The highest BCUT2D eigenvalue weighted by molar-refractivity contribution is 6.08. The highest BCUT2D eigenvalue weighted by atomic mass is 16.6. The van der Waals surface area contributed by atoms with Crippen LogP contribution in [-0.2, 0) is 15.2 Å². The number of nitrogens with zero attached hydrogens (tertiary/aromatic N) is 1. The summed E-state index contributed by atoms with van der Waals surface area (Å²) in [5.41, 5.74) is -3.54. The summed E-state index contributed by atoms with van der Waals surface area (Å²) in [6.45, 7) is 0. The van der Waals surface area contributed by atoms with Crippen molar-refractivity contribution >= 4 is 23.3 Å². The summed E-state index contributed by atoms with van der Waals surface area (Å²) in [6, 6.07) is 2.56. The van der Waals surface area contributed by atoms with E-state index >= 15 is 0 Å². The molecule has 1 aromatic carbocycles. The van der Waals surface area contributed by atoms with E-state index in [2.05, 4.69) is 5.32 Å². The second kappa shape index (κ2) is 4.46. The highest BCUT2D eigenvalue weighted by Crippen LogP contribution is 2.47. The molecule has 1 unspecified atom stereocenters. The lowest BCUT2D eigenvalue weighted by molar-refractivity contribution is -0.387. The van der Waals surface area contributed by atoms with Crippen molar-refractivity contribution in [3.8, 4) is 5.75 Å². The van der Waals surface area contributed by atoms with Gasteiger partial charge in [0.2, 0.25) is 0 Å². The molecule has 20 heavy (non-hydrogen) atoms. The van der Waals surface area contributed by atoms with Gasteiger partial charge in [0.15, 0.2) is 11.4 Å². The minimum atomic E-state index is -2.50. The first kappa shape index (κ1) is 13.7. The minimum absolute atomic E-state index is 0.00810. The molecular formula is C11H10N2O7. The summed E-state index contributed by atoms with van der Waals surface area (Å²) in [5.74, 6) is -2.66. The number of rotatable bonds is 4. The number of carbonyl (C=O) groups is 2. The lowest BCUT2D eigenvalue weighted by Crippen LogP contribution is -2.36. The summed E-state index contributed by atoms with van der Waals surface area (Å²) in [6.07, 6.45) is -0.986. The van der Waals surface area contributed by atoms with Crippen molar-refractivity contribution < 1.29 is 29.5 Å². The standard InChI is InChI=1S/C11H10N2O7/c1-20-6-3-2-5-8(9(6)13(18)19)11(17,4-7(14)15)10(16)12-5/h2-3,17H,4H2,1H3,(H,12,16)(H,14,15). The second-order valence-corrected chi connectivity index (χ2v) is 4.18. The van der Waals surface area contributed by atoms with Gasteiger partial charge in [-0.3, -0.25) is 19.7 Å². The van der Waals surface area contributed by atoms with Gasteiger partial charge in [0.1, 0.15) is 0 Å². The molecule has 0 aliphatic carbocycles. The van der Waals surface area contributed by atoms with Crippen LogP contribution in [0.25, 0.3) is 0 Å². The molecule has 0 saturated heterocycles. The van der Waals surface area contributed by atoms with Crippen LogP contribution < -0.4 is 10.1 Å². The zero-order valence-electron chi connectivity index (χ0n) is 10.2. The van der Waals surface area contributed by atoms with Crippen molar-refractivity contribution in [3.63, 3.8) is 0 Å². The van der Waals surface area contributed by atoms with Crippen LogP contribution in [-0.4, -0.2) is 34.1 Å². The molecule has 0 spiro atoms. The van der Waals surface area contributed by atoms with Gasteiger partial charge >= 0.3 is 11.7 Å². The van der Waals surface area contributed by atoms with E-state index in [1.165, 1.54) is 19.2 Å². The Morgan fingerprint density at radius 1 is 1.55 bits per heavy atom. The zero-order chi connectivity index (χ0) is 15.1. The Kier molecular flexibility index (Phi) is 3.06. The van der Waals surface area contributed by atoms with Crippen LogP contribution in [0, 0.1) is 10.1 Å². The Hall–Kier alpha value is -2.68. The first-order chi connectivity index (χ1) is 9.31. The summed E-state index contributed by atoms with van der Waals surface area (Å²) in [5, 5.41) is 32.5. The Bertz CT molecular complexity index is 627. The number of benzene rings is 1. The molecule has 1 heterocycles. The number of carboxylic acids is 1. The molecule has 0 saturated carbocycles. The van der Waals surface area contributed by atoms with Gasteiger partial charge in [-0.1, -0.05) is 0 Å². The van der Waals surface area contributed by atoms with Gasteiger partial charge in [-0.25, -0.2) is 0 Å². The number of hydrogen-bond donors (Lipinski definition) is 3. The van der Waals surface area contributed by atoms with Crippen molar-refractivity contribution in [2.24, 2.45) is 0 Å². The Morgan fingerprint density at radius 3 is 2.70 bits per heavy atom. The van der Waals surface area contributed by atoms with Gasteiger partial charge < -0.3 is 20.3 Å². The number of hydrogen-bond acceptors (Lipinski definition) is 6.